The summed E-state index contributed by atoms with van der Waals surface area (Å²) in [6.07, 6.45) is 0.774. The lowest BCUT2D eigenvalue weighted by Crippen LogP contribution is -2.43. The van der Waals surface area contributed by atoms with Gasteiger partial charge in [-0.15, -0.1) is 0 Å². The Balaban J connectivity index is 1.99. The van der Waals surface area contributed by atoms with Crippen molar-refractivity contribution >= 4 is 10.0 Å². The number of fused-ring (bicyclic) bond motifs is 1. The molecule has 7 heteroatoms. The molecule has 0 aliphatic carbocycles. The molecule has 2 aliphatic heterocycles. The molecule has 0 unspecified atom stereocenters. The second kappa shape index (κ2) is 6.29. The molecule has 0 spiro atoms. The molecule has 0 amide bonds. The van der Waals surface area contributed by atoms with Gasteiger partial charge in [0.25, 0.3) is 0 Å². The molecule has 0 saturated carbocycles. The van der Waals surface area contributed by atoms with Gasteiger partial charge < -0.3 is 14.6 Å². The first-order chi connectivity index (χ1) is 11.3. The van der Waals surface area contributed by atoms with E-state index in [1.165, 1.54) is 11.4 Å². The predicted molar refractivity (Wildman–Crippen MR) is 89.7 cm³/mol. The Kier molecular flexibility index (Phi) is 4.63. The van der Waals surface area contributed by atoms with E-state index >= 15 is 0 Å². The Hall–Kier alpha value is -1.15. The van der Waals surface area contributed by atoms with Gasteiger partial charge in [-0.3, -0.25) is 0 Å². The van der Waals surface area contributed by atoms with Crippen molar-refractivity contribution in [1.82, 2.24) is 4.31 Å². The van der Waals surface area contributed by atoms with Crippen molar-refractivity contribution in [3.05, 3.63) is 23.3 Å². The van der Waals surface area contributed by atoms with E-state index in [1.807, 2.05) is 13.8 Å². The fourth-order valence-electron chi connectivity index (χ4n) is 3.72. The number of hydrogen-bond acceptors (Lipinski definition) is 5. The molecular formula is C17H25NO5S. The van der Waals surface area contributed by atoms with Gasteiger partial charge in [-0.05, 0) is 49.4 Å². The number of rotatable bonds is 4. The van der Waals surface area contributed by atoms with E-state index in [0.717, 1.165) is 17.5 Å². The van der Waals surface area contributed by atoms with Crippen LogP contribution in [-0.4, -0.2) is 57.8 Å². The number of aliphatic hydroxyl groups is 1. The smallest absolute Gasteiger partial charge is 0.246 e. The normalized spacial score (nSPS) is 27.9. The topological polar surface area (TPSA) is 76.1 Å². The van der Waals surface area contributed by atoms with Gasteiger partial charge in [0.15, 0.2) is 0 Å². The van der Waals surface area contributed by atoms with Crippen LogP contribution in [0.5, 0.6) is 5.75 Å². The quantitative estimate of drug-likeness (QED) is 0.882. The highest BCUT2D eigenvalue weighted by Gasteiger charge is 2.51. The molecule has 2 aliphatic rings. The maximum absolute atomic E-state index is 13.2. The molecule has 1 aromatic carbocycles. The van der Waals surface area contributed by atoms with Crippen LogP contribution in [0.4, 0.5) is 0 Å². The lowest BCUT2D eigenvalue weighted by atomic mass is 9.76. The van der Waals surface area contributed by atoms with Gasteiger partial charge >= 0.3 is 0 Å². The summed E-state index contributed by atoms with van der Waals surface area (Å²) in [6.45, 7) is 5.48. The highest BCUT2D eigenvalue weighted by atomic mass is 32.2. The van der Waals surface area contributed by atoms with Crippen LogP contribution >= 0.6 is 0 Å². The van der Waals surface area contributed by atoms with Crippen molar-refractivity contribution in [2.45, 2.75) is 25.2 Å². The lowest BCUT2D eigenvalue weighted by Gasteiger charge is -2.36. The Morgan fingerprint density at radius 2 is 2.08 bits per heavy atom. The first-order valence-electron chi connectivity index (χ1n) is 8.18. The molecule has 2 fully saturated rings. The lowest BCUT2D eigenvalue weighted by molar-refractivity contribution is -0.0552. The highest BCUT2D eigenvalue weighted by molar-refractivity contribution is 7.89. The highest BCUT2D eigenvalue weighted by Crippen LogP contribution is 2.43. The Morgan fingerprint density at radius 1 is 1.38 bits per heavy atom. The number of nitrogens with zero attached hydrogens (tertiary/aromatic N) is 1. The van der Waals surface area contributed by atoms with E-state index in [1.54, 1.807) is 12.1 Å². The van der Waals surface area contributed by atoms with Crippen molar-refractivity contribution in [3.63, 3.8) is 0 Å². The Morgan fingerprint density at radius 3 is 2.71 bits per heavy atom. The third-order valence-corrected chi connectivity index (χ3v) is 7.33. The standard InChI is InChI=1S/C17H25NO5S/c1-12-6-15(22-3)16(7-13(12)2)24(20,21)18-8-14-4-5-23-11-17(14,9-18)10-19/h6-7,14,19H,4-5,8-11H2,1-3H3/t14-,17+/m0/s1. The third kappa shape index (κ3) is 2.73. The van der Waals surface area contributed by atoms with E-state index in [0.29, 0.717) is 25.5 Å². The second-order valence-electron chi connectivity index (χ2n) is 6.94. The summed E-state index contributed by atoms with van der Waals surface area (Å²) in [4.78, 5) is 0.195. The van der Waals surface area contributed by atoms with Crippen LogP contribution in [0.1, 0.15) is 17.5 Å². The average molecular weight is 355 g/mol. The minimum Gasteiger partial charge on any atom is -0.495 e. The number of aryl methyl sites for hydroxylation is 2. The molecule has 6 nitrogen and oxygen atoms in total. The molecule has 24 heavy (non-hydrogen) atoms. The largest absolute Gasteiger partial charge is 0.495 e. The molecule has 134 valence electrons. The number of methoxy groups -OCH3 is 1. The van der Waals surface area contributed by atoms with Crippen LogP contribution in [0.3, 0.4) is 0 Å². The van der Waals surface area contributed by atoms with Crippen molar-refractivity contribution in [2.75, 3.05) is 40.0 Å². The summed E-state index contributed by atoms with van der Waals surface area (Å²) in [6, 6.07) is 3.43. The SMILES string of the molecule is COc1cc(C)c(C)cc1S(=O)(=O)N1C[C@@H]2CCOC[C@]2(CO)C1. The number of benzene rings is 1. The molecular weight excluding hydrogens is 330 g/mol. The maximum atomic E-state index is 13.2. The van der Waals surface area contributed by atoms with Crippen molar-refractivity contribution in [3.8, 4) is 5.75 Å². The molecule has 2 heterocycles. The first-order valence-corrected chi connectivity index (χ1v) is 9.62. The molecule has 2 saturated heterocycles. The van der Waals surface area contributed by atoms with Gasteiger partial charge in [0.1, 0.15) is 10.6 Å². The van der Waals surface area contributed by atoms with Crippen LogP contribution in [0, 0.1) is 25.2 Å². The van der Waals surface area contributed by atoms with Gasteiger partial charge in [0, 0.05) is 25.1 Å². The summed E-state index contributed by atoms with van der Waals surface area (Å²) in [5.74, 6) is 0.492. The van der Waals surface area contributed by atoms with E-state index < -0.39 is 15.4 Å². The number of ether oxygens (including phenoxy) is 2. The fourth-order valence-corrected chi connectivity index (χ4v) is 5.52. The third-order valence-electron chi connectivity index (χ3n) is 5.49. The molecule has 2 atom stereocenters. The summed E-state index contributed by atoms with van der Waals surface area (Å²) < 4.78 is 38.7. The minimum atomic E-state index is -3.69. The Bertz CT molecular complexity index is 733. The molecule has 1 aromatic rings. The van der Waals surface area contributed by atoms with Crippen LogP contribution in [0.2, 0.25) is 0 Å². The summed E-state index contributed by atoms with van der Waals surface area (Å²) >= 11 is 0. The zero-order valence-electron chi connectivity index (χ0n) is 14.4. The van der Waals surface area contributed by atoms with Crippen molar-refractivity contribution in [1.29, 1.82) is 0 Å². The summed E-state index contributed by atoms with van der Waals surface area (Å²) in [5, 5.41) is 9.86. The summed E-state index contributed by atoms with van der Waals surface area (Å²) in [7, 11) is -2.20. The Labute approximate surface area is 143 Å². The predicted octanol–water partition coefficient (Wildman–Crippen LogP) is 1.33. The molecule has 0 bridgehead atoms. The van der Waals surface area contributed by atoms with Crippen LogP contribution < -0.4 is 4.74 Å². The van der Waals surface area contributed by atoms with Gasteiger partial charge in [-0.25, -0.2) is 8.42 Å². The van der Waals surface area contributed by atoms with Crippen LogP contribution in [0.25, 0.3) is 0 Å². The van der Waals surface area contributed by atoms with Gasteiger partial charge in [-0.2, -0.15) is 4.31 Å². The molecule has 1 N–H and O–H groups in total. The molecule has 0 radical (unpaired) electrons. The van der Waals surface area contributed by atoms with Crippen LogP contribution in [0.15, 0.2) is 17.0 Å². The minimum absolute atomic E-state index is 0.0618. The molecule has 0 aromatic heterocycles. The van der Waals surface area contributed by atoms with E-state index in [-0.39, 0.29) is 24.0 Å². The number of sulfonamides is 1. The van der Waals surface area contributed by atoms with E-state index in [4.69, 9.17) is 9.47 Å². The second-order valence-corrected chi connectivity index (χ2v) is 8.85. The van der Waals surface area contributed by atoms with Gasteiger partial charge in [-0.1, -0.05) is 0 Å². The zero-order valence-corrected chi connectivity index (χ0v) is 15.2. The zero-order chi connectivity index (χ0) is 17.5. The van der Waals surface area contributed by atoms with Crippen molar-refractivity contribution < 1.29 is 23.0 Å². The average Bonchev–Trinajstić information content (AvgIpc) is 2.97. The van der Waals surface area contributed by atoms with Gasteiger partial charge in [0.05, 0.1) is 20.3 Å². The van der Waals surface area contributed by atoms with Crippen molar-refractivity contribution in [2.24, 2.45) is 11.3 Å². The van der Waals surface area contributed by atoms with Crippen LogP contribution in [-0.2, 0) is 14.8 Å². The number of hydrogen-bond donors (Lipinski definition) is 1. The monoisotopic (exact) mass is 355 g/mol. The molecule has 3 rings (SSSR count). The number of aliphatic hydroxyl groups excluding tert-OH is 1. The fraction of sp³-hybridized carbons (Fsp3) is 0.647. The van der Waals surface area contributed by atoms with Gasteiger partial charge in [0.2, 0.25) is 10.0 Å². The maximum Gasteiger partial charge on any atom is 0.246 e. The van der Waals surface area contributed by atoms with E-state index in [9.17, 15) is 13.5 Å². The van der Waals surface area contributed by atoms with E-state index in [2.05, 4.69) is 0 Å². The summed E-state index contributed by atoms with van der Waals surface area (Å²) in [5.41, 5.74) is 1.41. The first kappa shape index (κ1) is 17.7.